The van der Waals surface area contributed by atoms with Crippen LogP contribution in [0, 0.1) is 11.3 Å². The highest BCUT2D eigenvalue weighted by molar-refractivity contribution is 7.11. The molecule has 1 N–H and O–H groups in total. The Hall–Kier alpha value is -2.39. The van der Waals surface area contributed by atoms with Gasteiger partial charge in [-0.25, -0.2) is 9.78 Å². The highest BCUT2D eigenvalue weighted by Crippen LogP contribution is 2.16. The second-order valence-electron chi connectivity index (χ2n) is 3.38. The predicted octanol–water partition coefficient (Wildman–Crippen LogP) is 2.29. The van der Waals surface area contributed by atoms with Gasteiger partial charge in [0.25, 0.3) is 0 Å². The summed E-state index contributed by atoms with van der Waals surface area (Å²) in [4.78, 5) is 14.5. The van der Waals surface area contributed by atoms with Gasteiger partial charge in [0.05, 0.1) is 17.3 Å². The fourth-order valence-corrected chi connectivity index (χ4v) is 1.92. The quantitative estimate of drug-likeness (QED) is 0.911. The molecule has 0 aliphatic rings. The average Bonchev–Trinajstić information content (AvgIpc) is 2.85. The lowest BCUT2D eigenvalue weighted by atomic mass is 10.2. The van der Waals surface area contributed by atoms with E-state index in [-0.39, 0.29) is 11.6 Å². The van der Waals surface area contributed by atoms with Gasteiger partial charge in [0.1, 0.15) is 12.4 Å². The molecule has 1 aromatic carbocycles. The third kappa shape index (κ3) is 2.84. The van der Waals surface area contributed by atoms with Crippen molar-refractivity contribution in [3.63, 3.8) is 0 Å². The van der Waals surface area contributed by atoms with Crippen molar-refractivity contribution in [2.24, 2.45) is 0 Å². The van der Waals surface area contributed by atoms with Crippen LogP contribution in [0.3, 0.4) is 0 Å². The zero-order valence-corrected chi connectivity index (χ0v) is 9.98. The van der Waals surface area contributed by atoms with Crippen LogP contribution >= 0.6 is 11.3 Å². The molecule has 5 nitrogen and oxygen atoms in total. The second-order valence-corrected chi connectivity index (χ2v) is 4.24. The minimum absolute atomic E-state index is 0.0411. The molecular weight excluding hydrogens is 252 g/mol. The van der Waals surface area contributed by atoms with E-state index in [2.05, 4.69) is 4.98 Å². The highest BCUT2D eigenvalue weighted by atomic mass is 32.1. The van der Waals surface area contributed by atoms with Crippen molar-refractivity contribution in [3.05, 3.63) is 45.9 Å². The van der Waals surface area contributed by atoms with E-state index in [0.29, 0.717) is 17.0 Å². The number of ether oxygens (including phenoxy) is 1. The predicted molar refractivity (Wildman–Crippen MR) is 64.6 cm³/mol. The fourth-order valence-electron chi connectivity index (χ4n) is 1.28. The fraction of sp³-hybridized carbons (Fsp3) is 0.0833. The number of nitrogens with zero attached hydrogens (tertiary/aromatic N) is 2. The lowest BCUT2D eigenvalue weighted by Gasteiger charge is -2.03. The van der Waals surface area contributed by atoms with Crippen molar-refractivity contribution in [1.29, 1.82) is 5.26 Å². The number of aromatic carboxylic acids is 1. The molecule has 0 bridgehead atoms. The molecule has 1 heterocycles. The molecule has 90 valence electrons. The number of hydrogen-bond donors (Lipinski definition) is 1. The number of aromatic nitrogens is 1. The number of carboxylic acid groups (broad SMARTS) is 1. The Bertz CT molecular complexity index is 616. The molecule has 0 spiro atoms. The first-order chi connectivity index (χ1) is 8.69. The molecule has 0 atom stereocenters. The monoisotopic (exact) mass is 260 g/mol. The molecule has 2 aromatic rings. The van der Waals surface area contributed by atoms with Gasteiger partial charge >= 0.3 is 5.97 Å². The summed E-state index contributed by atoms with van der Waals surface area (Å²) in [5, 5.41) is 19.1. The first-order valence-electron chi connectivity index (χ1n) is 4.99. The van der Waals surface area contributed by atoms with Gasteiger partial charge in [0.2, 0.25) is 5.01 Å². The van der Waals surface area contributed by atoms with Gasteiger partial charge in [0, 0.05) is 5.38 Å². The molecule has 0 aliphatic heterocycles. The topological polar surface area (TPSA) is 83.2 Å². The van der Waals surface area contributed by atoms with Gasteiger partial charge in [-0.3, -0.25) is 0 Å². The number of rotatable bonds is 4. The summed E-state index contributed by atoms with van der Waals surface area (Å²) in [5.74, 6) is -0.489. The summed E-state index contributed by atoms with van der Waals surface area (Å²) < 4.78 is 5.43. The van der Waals surface area contributed by atoms with Gasteiger partial charge < -0.3 is 9.84 Å². The molecular formula is C12H8N2O3S. The summed E-state index contributed by atoms with van der Waals surface area (Å²) in [6, 6.07) is 8.76. The van der Waals surface area contributed by atoms with Crippen molar-refractivity contribution < 1.29 is 14.6 Å². The number of benzene rings is 1. The van der Waals surface area contributed by atoms with E-state index in [0.717, 1.165) is 11.3 Å². The van der Waals surface area contributed by atoms with Crippen LogP contribution in [-0.4, -0.2) is 16.1 Å². The van der Waals surface area contributed by atoms with Gasteiger partial charge in [0.15, 0.2) is 0 Å². The maximum absolute atomic E-state index is 10.6. The first-order valence-corrected chi connectivity index (χ1v) is 5.87. The largest absolute Gasteiger partial charge is 0.487 e. The van der Waals surface area contributed by atoms with Gasteiger partial charge in [-0.2, -0.15) is 5.26 Å². The lowest BCUT2D eigenvalue weighted by Crippen LogP contribution is -1.99. The van der Waals surface area contributed by atoms with Crippen molar-refractivity contribution >= 4 is 17.3 Å². The minimum Gasteiger partial charge on any atom is -0.487 e. The van der Waals surface area contributed by atoms with Crippen LogP contribution in [0.1, 0.15) is 21.1 Å². The van der Waals surface area contributed by atoms with E-state index in [1.807, 2.05) is 6.07 Å². The van der Waals surface area contributed by atoms with E-state index in [9.17, 15) is 4.79 Å². The summed E-state index contributed by atoms with van der Waals surface area (Å²) in [7, 11) is 0. The van der Waals surface area contributed by atoms with E-state index in [4.69, 9.17) is 15.1 Å². The lowest BCUT2D eigenvalue weighted by molar-refractivity contribution is 0.0696. The SMILES string of the molecule is N#Cc1cccc(OCc2csc(C(=O)O)n2)c1. The third-order valence-corrected chi connectivity index (χ3v) is 2.96. The van der Waals surface area contributed by atoms with Crippen molar-refractivity contribution in [2.45, 2.75) is 6.61 Å². The van der Waals surface area contributed by atoms with E-state index < -0.39 is 5.97 Å². The average molecular weight is 260 g/mol. The van der Waals surface area contributed by atoms with Crippen LogP contribution in [-0.2, 0) is 6.61 Å². The first kappa shape index (κ1) is 12.1. The molecule has 0 fully saturated rings. The molecule has 0 amide bonds. The summed E-state index contributed by atoms with van der Waals surface area (Å²) >= 11 is 1.06. The van der Waals surface area contributed by atoms with Crippen LogP contribution in [0.2, 0.25) is 0 Å². The Kier molecular flexibility index (Phi) is 3.55. The van der Waals surface area contributed by atoms with Crippen molar-refractivity contribution in [3.8, 4) is 11.8 Å². The molecule has 2 rings (SSSR count). The number of carboxylic acids is 1. The number of nitriles is 1. The molecule has 6 heteroatoms. The molecule has 1 aromatic heterocycles. The Morgan fingerprint density at radius 3 is 3.06 bits per heavy atom. The highest BCUT2D eigenvalue weighted by Gasteiger charge is 2.09. The van der Waals surface area contributed by atoms with Crippen LogP contribution in [0.25, 0.3) is 0 Å². The smallest absolute Gasteiger partial charge is 0.365 e. The third-order valence-electron chi connectivity index (χ3n) is 2.08. The van der Waals surface area contributed by atoms with Gasteiger partial charge in [-0.05, 0) is 18.2 Å². The van der Waals surface area contributed by atoms with E-state index in [1.165, 1.54) is 0 Å². The summed E-state index contributed by atoms with van der Waals surface area (Å²) in [6.07, 6.45) is 0. The van der Waals surface area contributed by atoms with E-state index >= 15 is 0 Å². The zero-order valence-electron chi connectivity index (χ0n) is 9.16. The zero-order chi connectivity index (χ0) is 13.0. The normalized spacial score (nSPS) is 9.72. The van der Waals surface area contributed by atoms with Crippen LogP contribution in [0.4, 0.5) is 0 Å². The summed E-state index contributed by atoms with van der Waals surface area (Å²) in [5.41, 5.74) is 1.07. The van der Waals surface area contributed by atoms with E-state index in [1.54, 1.807) is 29.6 Å². The van der Waals surface area contributed by atoms with Gasteiger partial charge in [-0.1, -0.05) is 6.07 Å². The molecule has 0 aliphatic carbocycles. The number of hydrogen-bond acceptors (Lipinski definition) is 5. The van der Waals surface area contributed by atoms with Crippen molar-refractivity contribution in [1.82, 2.24) is 4.98 Å². The Morgan fingerprint density at radius 2 is 2.39 bits per heavy atom. The maximum Gasteiger partial charge on any atom is 0.365 e. The molecule has 0 saturated carbocycles. The van der Waals surface area contributed by atoms with Crippen LogP contribution < -0.4 is 4.74 Å². The second kappa shape index (κ2) is 5.29. The van der Waals surface area contributed by atoms with Crippen LogP contribution in [0.15, 0.2) is 29.6 Å². The molecule has 0 saturated heterocycles. The Labute approximate surface area is 107 Å². The van der Waals surface area contributed by atoms with Crippen molar-refractivity contribution in [2.75, 3.05) is 0 Å². The number of thiazole rings is 1. The maximum atomic E-state index is 10.6. The Balaban J connectivity index is 2.02. The molecule has 18 heavy (non-hydrogen) atoms. The number of carbonyl (C=O) groups is 1. The van der Waals surface area contributed by atoms with Gasteiger partial charge in [-0.15, -0.1) is 11.3 Å². The standard InChI is InChI=1S/C12H8N2O3S/c13-5-8-2-1-3-10(4-8)17-6-9-7-18-11(14-9)12(15)16/h1-4,7H,6H2,(H,15,16). The molecule has 0 unspecified atom stereocenters. The minimum atomic E-state index is -1.04. The Morgan fingerprint density at radius 1 is 1.56 bits per heavy atom. The van der Waals surface area contributed by atoms with Crippen LogP contribution in [0.5, 0.6) is 5.75 Å². The molecule has 0 radical (unpaired) electrons. The summed E-state index contributed by atoms with van der Waals surface area (Å²) in [6.45, 7) is 0.179.